The Morgan fingerprint density at radius 3 is 2.31 bits per heavy atom. The van der Waals surface area contributed by atoms with Crippen LogP contribution >= 0.6 is 0 Å². The maximum absolute atomic E-state index is 11.5. The molecule has 1 fully saturated rings. The van der Waals surface area contributed by atoms with Crippen molar-refractivity contribution < 1.29 is 23.6 Å². The van der Waals surface area contributed by atoms with Gasteiger partial charge in [0.2, 0.25) is 0 Å². The number of ether oxygens (including phenoxy) is 2. The van der Waals surface area contributed by atoms with E-state index >= 15 is 0 Å². The summed E-state index contributed by atoms with van der Waals surface area (Å²) in [5.41, 5.74) is 1.84. The fourth-order valence-corrected chi connectivity index (χ4v) is 2.90. The van der Waals surface area contributed by atoms with Crippen LogP contribution in [0.1, 0.15) is 38.8 Å². The van der Waals surface area contributed by atoms with E-state index in [1.165, 1.54) is 13.2 Å². The monoisotopic (exact) mass is 394 g/mol. The predicted molar refractivity (Wildman–Crippen MR) is 114 cm³/mol. The van der Waals surface area contributed by atoms with Gasteiger partial charge in [-0.05, 0) is 50.9 Å². The Kier molecular flexibility index (Phi) is 6.15. The molecule has 0 unspecified atom stereocenters. The van der Waals surface area contributed by atoms with Crippen molar-refractivity contribution in [1.82, 2.24) is 0 Å². The molecular formula is C23H27BO5. The van der Waals surface area contributed by atoms with Gasteiger partial charge in [0.15, 0.2) is 0 Å². The molecule has 0 aromatic heterocycles. The third-order valence-corrected chi connectivity index (χ3v) is 5.40. The van der Waals surface area contributed by atoms with Crippen LogP contribution in [0.5, 0.6) is 5.75 Å². The first kappa shape index (κ1) is 21.2. The lowest BCUT2D eigenvalue weighted by Crippen LogP contribution is -2.41. The highest BCUT2D eigenvalue weighted by Crippen LogP contribution is 2.36. The van der Waals surface area contributed by atoms with Gasteiger partial charge in [-0.1, -0.05) is 42.5 Å². The normalized spacial score (nSPS) is 17.5. The Balaban J connectivity index is 1.88. The lowest BCUT2D eigenvalue weighted by Gasteiger charge is -2.32. The van der Waals surface area contributed by atoms with E-state index in [2.05, 4.69) is 4.74 Å². The molecule has 0 amide bonds. The number of benzene rings is 2. The first-order chi connectivity index (χ1) is 13.7. The van der Waals surface area contributed by atoms with Crippen LogP contribution in [-0.2, 0) is 25.4 Å². The average molecular weight is 394 g/mol. The summed E-state index contributed by atoms with van der Waals surface area (Å²) in [6.07, 6.45) is 3.05. The van der Waals surface area contributed by atoms with Crippen LogP contribution in [0.25, 0.3) is 6.08 Å². The summed E-state index contributed by atoms with van der Waals surface area (Å²) in [4.78, 5) is 11.5. The van der Waals surface area contributed by atoms with Crippen molar-refractivity contribution in [2.75, 3.05) is 7.11 Å². The van der Waals surface area contributed by atoms with Crippen molar-refractivity contribution >= 4 is 24.6 Å². The summed E-state index contributed by atoms with van der Waals surface area (Å²) in [5.74, 6) is 0.218. The van der Waals surface area contributed by atoms with Gasteiger partial charge in [0.1, 0.15) is 12.4 Å². The number of carbonyl (C=O) groups excluding carboxylic acids is 1. The van der Waals surface area contributed by atoms with Crippen molar-refractivity contribution in [2.24, 2.45) is 0 Å². The number of hydrogen-bond donors (Lipinski definition) is 0. The first-order valence-corrected chi connectivity index (χ1v) is 9.64. The lowest BCUT2D eigenvalue weighted by atomic mass is 9.78. The zero-order chi connectivity index (χ0) is 21.1. The van der Waals surface area contributed by atoms with E-state index in [0.29, 0.717) is 12.4 Å². The SMILES string of the molecule is COC(=O)/C=C/c1ccc(B2OC(C)(C)C(C)(C)O2)cc1OCc1ccccc1. The molecule has 0 N–H and O–H groups in total. The van der Waals surface area contributed by atoms with E-state index < -0.39 is 24.3 Å². The summed E-state index contributed by atoms with van der Waals surface area (Å²) < 4.78 is 23.1. The number of rotatable bonds is 6. The Labute approximate surface area is 172 Å². The summed E-state index contributed by atoms with van der Waals surface area (Å²) in [5, 5.41) is 0. The third-order valence-electron chi connectivity index (χ3n) is 5.40. The van der Waals surface area contributed by atoms with Crippen molar-refractivity contribution in [2.45, 2.75) is 45.5 Å². The van der Waals surface area contributed by atoms with Crippen LogP contribution in [0.15, 0.2) is 54.6 Å². The van der Waals surface area contributed by atoms with Gasteiger partial charge in [0.05, 0.1) is 18.3 Å². The zero-order valence-corrected chi connectivity index (χ0v) is 17.6. The first-order valence-electron chi connectivity index (χ1n) is 9.64. The molecule has 6 heteroatoms. The van der Waals surface area contributed by atoms with Gasteiger partial charge in [-0.2, -0.15) is 0 Å². The molecule has 1 saturated heterocycles. The molecule has 0 saturated carbocycles. The molecule has 5 nitrogen and oxygen atoms in total. The number of esters is 1. The number of carbonyl (C=O) groups is 1. The third kappa shape index (κ3) is 4.89. The fraction of sp³-hybridized carbons (Fsp3) is 0.348. The van der Waals surface area contributed by atoms with Gasteiger partial charge in [-0.25, -0.2) is 4.79 Å². The molecule has 3 rings (SSSR count). The quantitative estimate of drug-likeness (QED) is 0.424. The molecule has 0 radical (unpaired) electrons. The topological polar surface area (TPSA) is 54.0 Å². The van der Waals surface area contributed by atoms with E-state index in [0.717, 1.165) is 16.6 Å². The Morgan fingerprint density at radius 2 is 1.69 bits per heavy atom. The summed E-state index contributed by atoms with van der Waals surface area (Å²) in [6, 6.07) is 15.6. The highest BCUT2D eigenvalue weighted by Gasteiger charge is 2.51. The number of methoxy groups -OCH3 is 1. The molecule has 0 atom stereocenters. The van der Waals surface area contributed by atoms with Crippen molar-refractivity contribution in [1.29, 1.82) is 0 Å². The van der Waals surface area contributed by atoms with Crippen LogP contribution in [0.3, 0.4) is 0 Å². The summed E-state index contributed by atoms with van der Waals surface area (Å²) >= 11 is 0. The van der Waals surface area contributed by atoms with E-state index in [1.807, 2.05) is 76.2 Å². The van der Waals surface area contributed by atoms with Gasteiger partial charge in [0.25, 0.3) is 0 Å². The number of hydrogen-bond acceptors (Lipinski definition) is 5. The standard InChI is InChI=1S/C23H27BO5/c1-22(2)23(3,4)29-24(28-22)19-13-11-18(12-14-21(25)26-5)20(15-19)27-16-17-9-7-6-8-10-17/h6-15H,16H2,1-5H3/b14-12+. The lowest BCUT2D eigenvalue weighted by molar-refractivity contribution is -0.134. The smallest absolute Gasteiger partial charge is 0.488 e. The Bertz CT molecular complexity index is 873. The van der Waals surface area contributed by atoms with Crippen LogP contribution in [0.2, 0.25) is 0 Å². The zero-order valence-electron chi connectivity index (χ0n) is 17.6. The largest absolute Gasteiger partial charge is 0.494 e. The maximum atomic E-state index is 11.5. The van der Waals surface area contributed by atoms with Gasteiger partial charge in [-0.3, -0.25) is 0 Å². The van der Waals surface area contributed by atoms with E-state index in [4.69, 9.17) is 14.0 Å². The van der Waals surface area contributed by atoms with Crippen molar-refractivity contribution in [3.8, 4) is 5.75 Å². The Morgan fingerprint density at radius 1 is 1.03 bits per heavy atom. The van der Waals surface area contributed by atoms with E-state index in [9.17, 15) is 4.79 Å². The maximum Gasteiger partial charge on any atom is 0.494 e. The van der Waals surface area contributed by atoms with Gasteiger partial charge < -0.3 is 18.8 Å². The second-order valence-corrected chi connectivity index (χ2v) is 8.02. The molecule has 152 valence electrons. The van der Waals surface area contributed by atoms with Crippen LogP contribution in [0, 0.1) is 0 Å². The molecular weight excluding hydrogens is 367 g/mol. The molecule has 0 bridgehead atoms. The van der Waals surface area contributed by atoms with Crippen LogP contribution in [-0.4, -0.2) is 31.4 Å². The minimum Gasteiger partial charge on any atom is -0.488 e. The molecule has 2 aromatic carbocycles. The van der Waals surface area contributed by atoms with Crippen LogP contribution < -0.4 is 10.2 Å². The molecule has 1 aliphatic rings. The summed E-state index contributed by atoms with van der Waals surface area (Å²) in [7, 11) is 0.860. The van der Waals surface area contributed by atoms with Gasteiger partial charge >= 0.3 is 13.1 Å². The minimum atomic E-state index is -0.488. The second-order valence-electron chi connectivity index (χ2n) is 8.02. The Hall–Kier alpha value is -2.57. The van der Waals surface area contributed by atoms with Crippen LogP contribution in [0.4, 0.5) is 0 Å². The highest BCUT2D eigenvalue weighted by molar-refractivity contribution is 6.62. The minimum absolute atomic E-state index is 0.409. The van der Waals surface area contributed by atoms with Crippen molar-refractivity contribution in [3.05, 3.63) is 65.7 Å². The predicted octanol–water partition coefficient (Wildman–Crippen LogP) is 3.75. The molecule has 0 aliphatic carbocycles. The molecule has 1 aliphatic heterocycles. The average Bonchev–Trinajstić information content (AvgIpc) is 2.92. The molecule has 2 aromatic rings. The molecule has 0 spiro atoms. The van der Waals surface area contributed by atoms with Gasteiger partial charge in [0, 0.05) is 11.6 Å². The fourth-order valence-electron chi connectivity index (χ4n) is 2.90. The molecule has 1 heterocycles. The van der Waals surface area contributed by atoms with E-state index in [-0.39, 0.29) is 0 Å². The van der Waals surface area contributed by atoms with E-state index in [1.54, 1.807) is 6.08 Å². The van der Waals surface area contributed by atoms with Gasteiger partial charge in [-0.15, -0.1) is 0 Å². The summed E-state index contributed by atoms with van der Waals surface area (Å²) in [6.45, 7) is 8.49. The second kappa shape index (κ2) is 8.43. The molecule has 29 heavy (non-hydrogen) atoms. The van der Waals surface area contributed by atoms with Crippen molar-refractivity contribution in [3.63, 3.8) is 0 Å². The highest BCUT2D eigenvalue weighted by atomic mass is 16.7.